The number of unbranched alkanes of at least 4 members (excludes halogenated alkanes) is 1. The van der Waals surface area contributed by atoms with Gasteiger partial charge < -0.3 is 9.88 Å². The Labute approximate surface area is 161 Å². The van der Waals surface area contributed by atoms with Crippen molar-refractivity contribution in [3.05, 3.63) is 29.8 Å². The summed E-state index contributed by atoms with van der Waals surface area (Å²) in [5.41, 5.74) is 2.47. The van der Waals surface area contributed by atoms with Crippen molar-refractivity contribution >= 4 is 17.7 Å². The molecule has 0 fully saturated rings. The first-order valence-electron chi connectivity index (χ1n) is 9.30. The van der Waals surface area contributed by atoms with Crippen LogP contribution in [0.4, 0.5) is 0 Å². The molecule has 1 aromatic carbocycles. The van der Waals surface area contributed by atoms with Crippen molar-refractivity contribution in [1.82, 2.24) is 20.1 Å². The lowest BCUT2D eigenvalue weighted by Crippen LogP contribution is -2.26. The summed E-state index contributed by atoms with van der Waals surface area (Å²) >= 11 is 1.44. The van der Waals surface area contributed by atoms with Gasteiger partial charge in [-0.1, -0.05) is 70.1 Å². The Kier molecular flexibility index (Phi) is 7.26. The standard InChI is InChI=1S/C20H30N4OS/c1-6-8-13-21-17(25)14-26-19-23-22-18(24(19)7-2)15-9-11-16(12-10-15)20(3,4)5/h9-12H,6-8,13-14H2,1-5H3,(H,21,25). The van der Waals surface area contributed by atoms with E-state index in [1.807, 2.05) is 0 Å². The van der Waals surface area contributed by atoms with Crippen LogP contribution in [0.15, 0.2) is 29.4 Å². The number of thioether (sulfide) groups is 1. The molecule has 2 rings (SSSR count). The van der Waals surface area contributed by atoms with Crippen molar-refractivity contribution in [2.45, 2.75) is 64.6 Å². The van der Waals surface area contributed by atoms with Crippen molar-refractivity contribution in [3.8, 4) is 11.4 Å². The van der Waals surface area contributed by atoms with Gasteiger partial charge in [0.1, 0.15) is 0 Å². The maximum Gasteiger partial charge on any atom is 0.230 e. The van der Waals surface area contributed by atoms with E-state index < -0.39 is 0 Å². The molecule has 6 heteroatoms. The lowest BCUT2D eigenvalue weighted by Gasteiger charge is -2.19. The van der Waals surface area contributed by atoms with Crippen molar-refractivity contribution in [3.63, 3.8) is 0 Å². The van der Waals surface area contributed by atoms with Gasteiger partial charge in [0.15, 0.2) is 11.0 Å². The largest absolute Gasteiger partial charge is 0.355 e. The minimum Gasteiger partial charge on any atom is -0.355 e. The Hall–Kier alpha value is -1.82. The Morgan fingerprint density at radius 3 is 2.42 bits per heavy atom. The van der Waals surface area contributed by atoms with Gasteiger partial charge in [-0.05, 0) is 24.3 Å². The summed E-state index contributed by atoms with van der Waals surface area (Å²) in [6, 6.07) is 8.50. The monoisotopic (exact) mass is 374 g/mol. The van der Waals surface area contributed by atoms with Gasteiger partial charge in [0.05, 0.1) is 5.75 Å². The lowest BCUT2D eigenvalue weighted by molar-refractivity contribution is -0.118. The van der Waals surface area contributed by atoms with E-state index >= 15 is 0 Å². The first-order chi connectivity index (χ1) is 12.4. The summed E-state index contributed by atoms with van der Waals surface area (Å²) in [5.74, 6) is 1.26. The molecule has 1 heterocycles. The Bertz CT molecular complexity index is 716. The van der Waals surface area contributed by atoms with Crippen LogP contribution in [0.1, 0.15) is 53.0 Å². The Balaban J connectivity index is 2.09. The molecule has 0 saturated carbocycles. The predicted molar refractivity (Wildman–Crippen MR) is 108 cm³/mol. The summed E-state index contributed by atoms with van der Waals surface area (Å²) in [6.45, 7) is 12.3. The van der Waals surface area contributed by atoms with E-state index in [0.29, 0.717) is 5.75 Å². The zero-order chi connectivity index (χ0) is 19.2. The molecule has 0 aliphatic carbocycles. The van der Waals surface area contributed by atoms with Crippen LogP contribution in [0.5, 0.6) is 0 Å². The van der Waals surface area contributed by atoms with Crippen molar-refractivity contribution in [2.75, 3.05) is 12.3 Å². The Morgan fingerprint density at radius 2 is 1.85 bits per heavy atom. The number of hydrogen-bond acceptors (Lipinski definition) is 4. The van der Waals surface area contributed by atoms with E-state index in [2.05, 4.69) is 79.0 Å². The fourth-order valence-electron chi connectivity index (χ4n) is 2.60. The highest BCUT2D eigenvalue weighted by Gasteiger charge is 2.17. The van der Waals surface area contributed by atoms with Crippen LogP contribution in [0, 0.1) is 0 Å². The van der Waals surface area contributed by atoms with E-state index in [4.69, 9.17) is 0 Å². The molecular weight excluding hydrogens is 344 g/mol. The highest BCUT2D eigenvalue weighted by atomic mass is 32.2. The number of aromatic nitrogens is 3. The minimum atomic E-state index is 0.0465. The van der Waals surface area contributed by atoms with Gasteiger partial charge in [0.2, 0.25) is 5.91 Å². The molecule has 0 aliphatic rings. The molecule has 1 amide bonds. The van der Waals surface area contributed by atoms with E-state index in [0.717, 1.165) is 42.5 Å². The van der Waals surface area contributed by atoms with Gasteiger partial charge in [-0.15, -0.1) is 10.2 Å². The highest BCUT2D eigenvalue weighted by molar-refractivity contribution is 7.99. The molecule has 0 bridgehead atoms. The summed E-state index contributed by atoms with van der Waals surface area (Å²) in [4.78, 5) is 11.9. The normalized spacial score (nSPS) is 11.6. The summed E-state index contributed by atoms with van der Waals surface area (Å²) in [6.07, 6.45) is 2.09. The summed E-state index contributed by atoms with van der Waals surface area (Å²) in [7, 11) is 0. The van der Waals surface area contributed by atoms with Crippen LogP contribution in [0.25, 0.3) is 11.4 Å². The van der Waals surface area contributed by atoms with Crippen LogP contribution in [-0.4, -0.2) is 33.0 Å². The predicted octanol–water partition coefficient (Wildman–Crippen LogP) is 4.27. The number of nitrogens with one attached hydrogen (secondary N) is 1. The highest BCUT2D eigenvalue weighted by Crippen LogP contribution is 2.27. The number of nitrogens with zero attached hydrogens (tertiary/aromatic N) is 3. The molecule has 2 aromatic rings. The lowest BCUT2D eigenvalue weighted by atomic mass is 9.87. The zero-order valence-electron chi connectivity index (χ0n) is 16.5. The molecule has 1 N–H and O–H groups in total. The van der Waals surface area contributed by atoms with Crippen molar-refractivity contribution < 1.29 is 4.79 Å². The zero-order valence-corrected chi connectivity index (χ0v) is 17.3. The molecule has 26 heavy (non-hydrogen) atoms. The fourth-order valence-corrected chi connectivity index (χ4v) is 3.43. The van der Waals surface area contributed by atoms with E-state index in [9.17, 15) is 4.79 Å². The molecule has 0 aliphatic heterocycles. The van der Waals surface area contributed by atoms with E-state index in [1.165, 1.54) is 17.3 Å². The second-order valence-electron chi connectivity index (χ2n) is 7.37. The van der Waals surface area contributed by atoms with Crippen molar-refractivity contribution in [2.24, 2.45) is 0 Å². The van der Waals surface area contributed by atoms with Gasteiger partial charge in [-0.25, -0.2) is 0 Å². The van der Waals surface area contributed by atoms with E-state index in [-0.39, 0.29) is 11.3 Å². The van der Waals surface area contributed by atoms with Gasteiger partial charge in [0, 0.05) is 18.7 Å². The third-order valence-corrected chi connectivity index (χ3v) is 5.19. The van der Waals surface area contributed by atoms with Gasteiger partial charge in [0.25, 0.3) is 0 Å². The van der Waals surface area contributed by atoms with Crippen molar-refractivity contribution in [1.29, 1.82) is 0 Å². The number of hydrogen-bond donors (Lipinski definition) is 1. The quantitative estimate of drug-likeness (QED) is 0.554. The number of rotatable bonds is 8. The topological polar surface area (TPSA) is 59.8 Å². The van der Waals surface area contributed by atoms with Crippen LogP contribution in [-0.2, 0) is 16.8 Å². The first kappa shape index (κ1) is 20.5. The van der Waals surface area contributed by atoms with Gasteiger partial charge in [-0.3, -0.25) is 4.79 Å². The molecule has 1 aromatic heterocycles. The molecule has 0 spiro atoms. The number of carbonyl (C=O) groups excluding carboxylic acids is 1. The number of amides is 1. The smallest absolute Gasteiger partial charge is 0.230 e. The van der Waals surface area contributed by atoms with Gasteiger partial charge in [-0.2, -0.15) is 0 Å². The molecule has 0 radical (unpaired) electrons. The van der Waals surface area contributed by atoms with Crippen LogP contribution >= 0.6 is 11.8 Å². The maximum absolute atomic E-state index is 11.9. The van der Waals surface area contributed by atoms with Crippen LogP contribution in [0.3, 0.4) is 0 Å². The fraction of sp³-hybridized carbons (Fsp3) is 0.550. The molecule has 0 atom stereocenters. The average Bonchev–Trinajstić information content (AvgIpc) is 3.02. The second kappa shape index (κ2) is 9.21. The third-order valence-electron chi connectivity index (χ3n) is 4.23. The van der Waals surface area contributed by atoms with Crippen LogP contribution in [0.2, 0.25) is 0 Å². The maximum atomic E-state index is 11.9. The molecule has 5 nitrogen and oxygen atoms in total. The molecule has 0 unspecified atom stereocenters. The minimum absolute atomic E-state index is 0.0465. The summed E-state index contributed by atoms with van der Waals surface area (Å²) in [5, 5.41) is 12.4. The van der Waals surface area contributed by atoms with Gasteiger partial charge >= 0.3 is 0 Å². The number of benzene rings is 1. The summed E-state index contributed by atoms with van der Waals surface area (Å²) < 4.78 is 2.07. The molecule has 0 saturated heterocycles. The van der Waals surface area contributed by atoms with Crippen LogP contribution < -0.4 is 5.32 Å². The molecular formula is C20H30N4OS. The average molecular weight is 375 g/mol. The molecule has 142 valence electrons. The van der Waals surface area contributed by atoms with E-state index in [1.54, 1.807) is 0 Å². The second-order valence-corrected chi connectivity index (χ2v) is 8.31. The third kappa shape index (κ3) is 5.34. The first-order valence-corrected chi connectivity index (χ1v) is 10.3. The Morgan fingerprint density at radius 1 is 1.15 bits per heavy atom. The number of carbonyl (C=O) groups is 1. The SMILES string of the molecule is CCCCNC(=O)CSc1nnc(-c2ccc(C(C)(C)C)cc2)n1CC.